The van der Waals surface area contributed by atoms with Crippen molar-refractivity contribution in [2.45, 2.75) is 19.4 Å². The predicted molar refractivity (Wildman–Crippen MR) is 120 cm³/mol. The van der Waals surface area contributed by atoms with Gasteiger partial charge in [0.05, 0.1) is 24.5 Å². The quantitative estimate of drug-likeness (QED) is 0.654. The molecule has 0 bridgehead atoms. The maximum absolute atomic E-state index is 13.0. The Kier molecular flexibility index (Phi) is 6.48. The van der Waals surface area contributed by atoms with Gasteiger partial charge in [0.25, 0.3) is 11.8 Å². The van der Waals surface area contributed by atoms with Crippen molar-refractivity contribution < 1.29 is 19.1 Å². The summed E-state index contributed by atoms with van der Waals surface area (Å²) in [7, 11) is 0. The third-order valence-electron chi connectivity index (χ3n) is 5.38. The molecule has 160 valence electrons. The highest BCUT2D eigenvalue weighted by atomic mass is 16.5. The summed E-state index contributed by atoms with van der Waals surface area (Å²) in [6.45, 7) is 4.04. The molecule has 0 aliphatic carbocycles. The number of amides is 2. The number of hydrogen-bond donors (Lipinski definition) is 1. The van der Waals surface area contributed by atoms with Gasteiger partial charge in [-0.25, -0.2) is 0 Å². The normalized spacial score (nSPS) is 14.8. The van der Waals surface area contributed by atoms with Crippen LogP contribution in [0.5, 0.6) is 5.75 Å². The van der Waals surface area contributed by atoms with E-state index in [2.05, 4.69) is 5.32 Å². The minimum Gasteiger partial charge on any atom is -0.481 e. The maximum Gasteiger partial charge on any atom is 0.265 e. The Hall–Kier alpha value is -3.38. The van der Waals surface area contributed by atoms with Gasteiger partial charge in [-0.3, -0.25) is 9.59 Å². The summed E-state index contributed by atoms with van der Waals surface area (Å²) in [5, 5.41) is 5.06. The van der Waals surface area contributed by atoms with Crippen molar-refractivity contribution in [3.63, 3.8) is 0 Å². The summed E-state index contributed by atoms with van der Waals surface area (Å²) in [5.74, 6) is 0.249. The summed E-state index contributed by atoms with van der Waals surface area (Å²) >= 11 is 0. The molecule has 3 aromatic rings. The topological polar surface area (TPSA) is 67.9 Å². The summed E-state index contributed by atoms with van der Waals surface area (Å²) in [4.78, 5) is 27.7. The lowest BCUT2D eigenvalue weighted by molar-refractivity contribution is -0.122. The average molecular weight is 418 g/mol. The summed E-state index contributed by atoms with van der Waals surface area (Å²) < 4.78 is 11.3. The monoisotopic (exact) mass is 418 g/mol. The number of morpholine rings is 1. The molecule has 1 aliphatic rings. The van der Waals surface area contributed by atoms with Gasteiger partial charge in [-0.15, -0.1) is 0 Å². The molecule has 1 saturated heterocycles. The lowest BCUT2D eigenvalue weighted by Crippen LogP contribution is -2.41. The van der Waals surface area contributed by atoms with Gasteiger partial charge in [-0.05, 0) is 41.5 Å². The molecule has 1 aliphatic heterocycles. The smallest absolute Gasteiger partial charge is 0.265 e. The number of nitrogens with zero attached hydrogens (tertiary/aromatic N) is 1. The van der Waals surface area contributed by atoms with E-state index in [0.717, 1.165) is 10.8 Å². The first-order valence-corrected chi connectivity index (χ1v) is 10.6. The highest BCUT2D eigenvalue weighted by molar-refractivity contribution is 6.04. The molecule has 6 nitrogen and oxygen atoms in total. The molecule has 0 spiro atoms. The summed E-state index contributed by atoms with van der Waals surface area (Å²) in [6.07, 6.45) is -0.175. The molecule has 4 rings (SSSR count). The SMILES string of the molecule is CC[C@@H](Oc1ccc2ccccc2c1)C(=O)Nc1ccccc1C(=O)N1CCOCC1. The van der Waals surface area contributed by atoms with Gasteiger partial charge >= 0.3 is 0 Å². The van der Waals surface area contributed by atoms with Gasteiger partial charge in [0.2, 0.25) is 0 Å². The first-order valence-electron chi connectivity index (χ1n) is 10.6. The molecule has 2 amide bonds. The molecule has 6 heteroatoms. The van der Waals surface area contributed by atoms with E-state index in [1.165, 1.54) is 0 Å². The van der Waals surface area contributed by atoms with Gasteiger partial charge in [-0.1, -0.05) is 49.4 Å². The average Bonchev–Trinajstić information content (AvgIpc) is 2.82. The first-order chi connectivity index (χ1) is 15.2. The van der Waals surface area contributed by atoms with Crippen molar-refractivity contribution in [3.8, 4) is 5.75 Å². The standard InChI is InChI=1S/C25H26N2O4/c1-2-23(31-20-12-11-18-7-3-4-8-19(18)17-20)24(28)26-22-10-6-5-9-21(22)25(29)27-13-15-30-16-14-27/h3-12,17,23H,2,13-16H2,1H3,(H,26,28)/t23-/m1/s1. The number of rotatable bonds is 6. The van der Waals surface area contributed by atoms with E-state index in [4.69, 9.17) is 9.47 Å². The van der Waals surface area contributed by atoms with E-state index < -0.39 is 6.10 Å². The third-order valence-corrected chi connectivity index (χ3v) is 5.38. The highest BCUT2D eigenvalue weighted by Gasteiger charge is 2.24. The number of carbonyl (C=O) groups is 2. The molecule has 0 saturated carbocycles. The Balaban J connectivity index is 1.49. The second-order valence-corrected chi connectivity index (χ2v) is 7.46. The van der Waals surface area contributed by atoms with Crippen molar-refractivity contribution >= 4 is 28.3 Å². The summed E-state index contributed by atoms with van der Waals surface area (Å²) in [5.41, 5.74) is 0.961. The van der Waals surface area contributed by atoms with Crippen molar-refractivity contribution in [1.29, 1.82) is 0 Å². The van der Waals surface area contributed by atoms with Crippen LogP contribution in [0, 0.1) is 0 Å². The van der Waals surface area contributed by atoms with E-state index in [1.54, 1.807) is 29.2 Å². The second-order valence-electron chi connectivity index (χ2n) is 7.46. The van der Waals surface area contributed by atoms with Crippen LogP contribution in [0.4, 0.5) is 5.69 Å². The molecule has 1 atom stereocenters. The number of anilines is 1. The molecular weight excluding hydrogens is 392 g/mol. The molecular formula is C25H26N2O4. The van der Waals surface area contributed by atoms with E-state index in [-0.39, 0.29) is 11.8 Å². The maximum atomic E-state index is 13.0. The zero-order valence-electron chi connectivity index (χ0n) is 17.5. The Morgan fingerprint density at radius 1 is 1.00 bits per heavy atom. The molecule has 0 unspecified atom stereocenters. The number of hydrogen-bond acceptors (Lipinski definition) is 4. The lowest BCUT2D eigenvalue weighted by Gasteiger charge is -2.27. The fourth-order valence-electron chi connectivity index (χ4n) is 3.66. The number of ether oxygens (including phenoxy) is 2. The fraction of sp³-hybridized carbons (Fsp3) is 0.280. The lowest BCUT2D eigenvalue weighted by atomic mass is 10.1. The molecule has 3 aromatic carbocycles. The van der Waals surface area contributed by atoms with Gasteiger partial charge in [-0.2, -0.15) is 0 Å². The van der Waals surface area contributed by atoms with Crippen LogP contribution in [0.2, 0.25) is 0 Å². The van der Waals surface area contributed by atoms with Crippen LogP contribution < -0.4 is 10.1 Å². The van der Waals surface area contributed by atoms with Crippen LogP contribution in [-0.4, -0.2) is 49.1 Å². The minimum atomic E-state index is -0.673. The van der Waals surface area contributed by atoms with Crippen molar-refractivity contribution in [3.05, 3.63) is 72.3 Å². The van der Waals surface area contributed by atoms with E-state index in [1.807, 2.05) is 49.4 Å². The van der Waals surface area contributed by atoms with Crippen molar-refractivity contribution in [1.82, 2.24) is 4.90 Å². The molecule has 0 radical (unpaired) electrons. The van der Waals surface area contributed by atoms with E-state index in [0.29, 0.717) is 49.7 Å². The Morgan fingerprint density at radius 3 is 2.48 bits per heavy atom. The van der Waals surface area contributed by atoms with Crippen LogP contribution in [0.3, 0.4) is 0 Å². The number of nitrogens with one attached hydrogen (secondary N) is 1. The fourth-order valence-corrected chi connectivity index (χ4v) is 3.66. The van der Waals surface area contributed by atoms with Crippen LogP contribution >= 0.6 is 0 Å². The van der Waals surface area contributed by atoms with Crippen LogP contribution in [0.25, 0.3) is 10.8 Å². The van der Waals surface area contributed by atoms with Crippen LogP contribution in [0.15, 0.2) is 66.7 Å². The largest absolute Gasteiger partial charge is 0.481 e. The Morgan fingerprint density at radius 2 is 1.71 bits per heavy atom. The summed E-state index contributed by atoms with van der Waals surface area (Å²) in [6, 6.07) is 20.9. The van der Waals surface area contributed by atoms with Gasteiger partial charge in [0, 0.05) is 13.1 Å². The predicted octanol–water partition coefficient (Wildman–Crippen LogP) is 4.11. The minimum absolute atomic E-state index is 0.109. The zero-order chi connectivity index (χ0) is 21.6. The molecule has 1 heterocycles. The zero-order valence-corrected chi connectivity index (χ0v) is 17.5. The van der Waals surface area contributed by atoms with Crippen LogP contribution in [0.1, 0.15) is 23.7 Å². The number of benzene rings is 3. The van der Waals surface area contributed by atoms with Crippen molar-refractivity contribution in [2.75, 3.05) is 31.6 Å². The number of carbonyl (C=O) groups excluding carboxylic acids is 2. The van der Waals surface area contributed by atoms with Gasteiger partial charge < -0.3 is 19.7 Å². The molecule has 0 aromatic heterocycles. The highest BCUT2D eigenvalue weighted by Crippen LogP contribution is 2.23. The molecule has 1 N–H and O–H groups in total. The van der Waals surface area contributed by atoms with E-state index >= 15 is 0 Å². The third kappa shape index (κ3) is 4.86. The Labute approximate surface area is 181 Å². The first kappa shape index (κ1) is 20.9. The van der Waals surface area contributed by atoms with Gasteiger partial charge in [0.1, 0.15) is 5.75 Å². The van der Waals surface area contributed by atoms with E-state index in [9.17, 15) is 9.59 Å². The number of fused-ring (bicyclic) bond motifs is 1. The second kappa shape index (κ2) is 9.62. The molecule has 1 fully saturated rings. The number of para-hydroxylation sites is 1. The molecule has 31 heavy (non-hydrogen) atoms. The Bertz CT molecular complexity index is 1080. The van der Waals surface area contributed by atoms with Crippen LogP contribution in [-0.2, 0) is 9.53 Å². The van der Waals surface area contributed by atoms with Gasteiger partial charge in [0.15, 0.2) is 6.10 Å². The van der Waals surface area contributed by atoms with Crippen molar-refractivity contribution in [2.24, 2.45) is 0 Å².